The zero-order valence-corrected chi connectivity index (χ0v) is 11.0. The molecular weight excluding hydrogens is 294 g/mol. The van der Waals surface area contributed by atoms with Crippen molar-refractivity contribution in [3.05, 3.63) is 53.0 Å². The van der Waals surface area contributed by atoms with Crippen molar-refractivity contribution in [1.82, 2.24) is 9.97 Å². The predicted octanol–water partition coefficient (Wildman–Crippen LogP) is 2.40. The molecule has 2 rings (SSSR count). The third-order valence-corrected chi connectivity index (χ3v) is 2.71. The van der Waals surface area contributed by atoms with Gasteiger partial charge in [0.05, 0.1) is 0 Å². The van der Waals surface area contributed by atoms with Crippen LogP contribution in [0.3, 0.4) is 0 Å². The number of halogens is 1. The average Bonchev–Trinajstić information content (AvgIpc) is 2.38. The molecule has 0 saturated carbocycles. The fraction of sp³-hybridized carbons (Fsp3) is 0. The highest BCUT2D eigenvalue weighted by Crippen LogP contribution is 2.19. The molecule has 0 bridgehead atoms. The van der Waals surface area contributed by atoms with Gasteiger partial charge in [0.15, 0.2) is 4.73 Å². The molecule has 18 heavy (non-hydrogen) atoms. The van der Waals surface area contributed by atoms with Crippen LogP contribution in [0.15, 0.2) is 47.5 Å². The third kappa shape index (κ3) is 3.24. The Balaban J connectivity index is 2.22. The highest BCUT2D eigenvalue weighted by molar-refractivity contribution is 9.10. The lowest BCUT2D eigenvalue weighted by Crippen LogP contribution is -2.04. The van der Waals surface area contributed by atoms with Crippen molar-refractivity contribution in [3.8, 4) is 11.1 Å². The van der Waals surface area contributed by atoms with Gasteiger partial charge >= 0.3 is 0 Å². The first kappa shape index (κ1) is 12.4. The van der Waals surface area contributed by atoms with Crippen LogP contribution < -0.4 is 5.73 Å². The molecule has 0 atom stereocenters. The summed E-state index contributed by atoms with van der Waals surface area (Å²) in [5, 5.41) is 0. The summed E-state index contributed by atoms with van der Waals surface area (Å²) in [5.41, 5.74) is 7.89. The fourth-order valence-electron chi connectivity index (χ4n) is 1.43. The zero-order chi connectivity index (χ0) is 13.0. The molecule has 1 heterocycles. The van der Waals surface area contributed by atoms with Gasteiger partial charge < -0.3 is 5.73 Å². The van der Waals surface area contributed by atoms with Crippen LogP contribution in [-0.2, 0) is 4.79 Å². The lowest BCUT2D eigenvalue weighted by molar-refractivity contribution is -0.113. The van der Waals surface area contributed by atoms with Crippen LogP contribution in [0.4, 0.5) is 0 Å². The zero-order valence-electron chi connectivity index (χ0n) is 9.38. The van der Waals surface area contributed by atoms with Gasteiger partial charge in [-0.15, -0.1) is 0 Å². The monoisotopic (exact) mass is 303 g/mol. The Morgan fingerprint density at radius 2 is 1.72 bits per heavy atom. The summed E-state index contributed by atoms with van der Waals surface area (Å²) in [5.74, 6) is -0.458. The number of benzene rings is 1. The standard InChI is InChI=1S/C13H10BrN3O/c14-13-16-7-11(8-17-13)10-4-1-9(2-5-10)3-6-12(15)18/h1-8H,(H2,15,18). The number of hydrogen-bond acceptors (Lipinski definition) is 3. The Morgan fingerprint density at radius 1 is 1.11 bits per heavy atom. The van der Waals surface area contributed by atoms with Crippen LogP contribution >= 0.6 is 15.9 Å². The summed E-state index contributed by atoms with van der Waals surface area (Å²) in [6, 6.07) is 7.67. The molecule has 0 aliphatic heterocycles. The number of hydrogen-bond donors (Lipinski definition) is 1. The number of amides is 1. The van der Waals surface area contributed by atoms with Gasteiger partial charge in [-0.25, -0.2) is 9.97 Å². The van der Waals surface area contributed by atoms with E-state index in [2.05, 4.69) is 25.9 Å². The van der Waals surface area contributed by atoms with Gasteiger partial charge in [0.25, 0.3) is 0 Å². The molecule has 0 unspecified atom stereocenters. The molecule has 5 heteroatoms. The van der Waals surface area contributed by atoms with Gasteiger partial charge in [-0.2, -0.15) is 0 Å². The van der Waals surface area contributed by atoms with Crippen molar-refractivity contribution in [1.29, 1.82) is 0 Å². The van der Waals surface area contributed by atoms with Gasteiger partial charge in [-0.3, -0.25) is 4.79 Å². The largest absolute Gasteiger partial charge is 0.366 e. The summed E-state index contributed by atoms with van der Waals surface area (Å²) in [6.07, 6.45) is 6.48. The van der Waals surface area contributed by atoms with E-state index in [1.807, 2.05) is 24.3 Å². The van der Waals surface area contributed by atoms with E-state index < -0.39 is 5.91 Å². The first-order chi connectivity index (χ1) is 8.65. The molecule has 1 aromatic heterocycles. The smallest absolute Gasteiger partial charge is 0.241 e. The van der Waals surface area contributed by atoms with Crippen molar-refractivity contribution in [2.24, 2.45) is 5.73 Å². The molecule has 0 fully saturated rings. The van der Waals surface area contributed by atoms with E-state index in [4.69, 9.17) is 5.73 Å². The maximum atomic E-state index is 10.6. The predicted molar refractivity (Wildman–Crippen MR) is 73.4 cm³/mol. The molecule has 0 radical (unpaired) electrons. The molecule has 2 aromatic rings. The van der Waals surface area contributed by atoms with Crippen LogP contribution in [-0.4, -0.2) is 15.9 Å². The summed E-state index contributed by atoms with van der Waals surface area (Å²) in [6.45, 7) is 0. The fourth-order valence-corrected chi connectivity index (χ4v) is 1.63. The van der Waals surface area contributed by atoms with Crippen LogP contribution in [0.1, 0.15) is 5.56 Å². The van der Waals surface area contributed by atoms with Crippen molar-refractivity contribution < 1.29 is 4.79 Å². The van der Waals surface area contributed by atoms with Crippen LogP contribution in [0.25, 0.3) is 17.2 Å². The second-order valence-electron chi connectivity index (χ2n) is 3.60. The lowest BCUT2D eigenvalue weighted by atomic mass is 10.1. The number of nitrogens with zero attached hydrogens (tertiary/aromatic N) is 2. The van der Waals surface area contributed by atoms with Crippen LogP contribution in [0.5, 0.6) is 0 Å². The van der Waals surface area contributed by atoms with E-state index in [9.17, 15) is 4.79 Å². The quantitative estimate of drug-likeness (QED) is 0.699. The minimum atomic E-state index is -0.458. The molecule has 1 amide bonds. The van der Waals surface area contributed by atoms with Gasteiger partial charge in [0.1, 0.15) is 0 Å². The summed E-state index contributed by atoms with van der Waals surface area (Å²) in [7, 11) is 0. The third-order valence-electron chi connectivity index (χ3n) is 2.30. The van der Waals surface area contributed by atoms with Crippen LogP contribution in [0, 0.1) is 0 Å². The van der Waals surface area contributed by atoms with Crippen molar-refractivity contribution >= 4 is 27.9 Å². The minimum absolute atomic E-state index is 0.458. The Labute approximate surface area is 113 Å². The van der Waals surface area contributed by atoms with E-state index >= 15 is 0 Å². The Bertz CT molecular complexity index is 576. The maximum Gasteiger partial charge on any atom is 0.241 e. The molecule has 0 aliphatic rings. The molecule has 4 nitrogen and oxygen atoms in total. The molecule has 0 spiro atoms. The normalized spacial score (nSPS) is 10.7. The van der Waals surface area contributed by atoms with Crippen molar-refractivity contribution in [2.75, 3.05) is 0 Å². The first-order valence-electron chi connectivity index (χ1n) is 5.20. The molecule has 90 valence electrons. The topological polar surface area (TPSA) is 68.9 Å². The SMILES string of the molecule is NC(=O)C=Cc1ccc(-c2cnc(Br)nc2)cc1. The number of aromatic nitrogens is 2. The maximum absolute atomic E-state index is 10.6. The summed E-state index contributed by atoms with van der Waals surface area (Å²) >= 11 is 3.19. The number of rotatable bonds is 3. The van der Waals surface area contributed by atoms with Crippen LogP contribution in [0.2, 0.25) is 0 Å². The Kier molecular flexibility index (Phi) is 3.84. The summed E-state index contributed by atoms with van der Waals surface area (Å²) in [4.78, 5) is 18.7. The van der Waals surface area contributed by atoms with E-state index in [0.29, 0.717) is 4.73 Å². The summed E-state index contributed by atoms with van der Waals surface area (Å²) < 4.78 is 0.562. The highest BCUT2D eigenvalue weighted by Gasteiger charge is 1.98. The van der Waals surface area contributed by atoms with E-state index in [1.165, 1.54) is 6.08 Å². The first-order valence-corrected chi connectivity index (χ1v) is 6.00. The second-order valence-corrected chi connectivity index (χ2v) is 4.31. The van der Waals surface area contributed by atoms with E-state index in [0.717, 1.165) is 16.7 Å². The highest BCUT2D eigenvalue weighted by atomic mass is 79.9. The molecule has 0 saturated heterocycles. The molecule has 1 aromatic carbocycles. The lowest BCUT2D eigenvalue weighted by Gasteiger charge is -2.01. The Hall–Kier alpha value is -2.01. The minimum Gasteiger partial charge on any atom is -0.366 e. The van der Waals surface area contributed by atoms with Gasteiger partial charge in [-0.1, -0.05) is 24.3 Å². The second kappa shape index (κ2) is 5.55. The number of carbonyl (C=O) groups excluding carboxylic acids is 1. The van der Waals surface area contributed by atoms with Crippen molar-refractivity contribution in [2.45, 2.75) is 0 Å². The van der Waals surface area contributed by atoms with E-state index in [-0.39, 0.29) is 0 Å². The number of nitrogens with two attached hydrogens (primary N) is 1. The van der Waals surface area contributed by atoms with Gasteiger partial charge in [-0.05, 0) is 33.1 Å². The Morgan fingerprint density at radius 3 is 2.28 bits per heavy atom. The number of primary amides is 1. The molecule has 0 aliphatic carbocycles. The average molecular weight is 304 g/mol. The van der Waals surface area contributed by atoms with Crippen molar-refractivity contribution in [3.63, 3.8) is 0 Å². The van der Waals surface area contributed by atoms with E-state index in [1.54, 1.807) is 18.5 Å². The molecular formula is C13H10BrN3O. The van der Waals surface area contributed by atoms with Gasteiger partial charge in [0, 0.05) is 24.0 Å². The van der Waals surface area contributed by atoms with Gasteiger partial charge in [0.2, 0.25) is 5.91 Å². The number of carbonyl (C=O) groups is 1. The molecule has 2 N–H and O–H groups in total.